The molecule has 0 spiro atoms. The number of rotatable bonds is 3. The second-order valence-corrected chi connectivity index (χ2v) is 6.49. The fourth-order valence-corrected chi connectivity index (χ4v) is 3.13. The molecule has 1 aromatic heterocycles. The molecule has 0 atom stereocenters. The van der Waals surface area contributed by atoms with Gasteiger partial charge in [0.05, 0.1) is 32.3 Å². The Labute approximate surface area is 159 Å². The first-order chi connectivity index (χ1) is 12.6. The number of aromatic nitrogens is 2. The van der Waals surface area contributed by atoms with Gasteiger partial charge < -0.3 is 10.3 Å². The van der Waals surface area contributed by atoms with Crippen molar-refractivity contribution in [1.29, 1.82) is 0 Å². The molecule has 1 heterocycles. The molecule has 0 bridgehead atoms. The van der Waals surface area contributed by atoms with E-state index >= 15 is 0 Å². The Bertz CT molecular complexity index is 1090. The van der Waals surface area contributed by atoms with Crippen molar-refractivity contribution in [2.45, 2.75) is 0 Å². The van der Waals surface area contributed by atoms with Gasteiger partial charge in [0.2, 0.25) is 0 Å². The number of fused-ring (bicyclic) bond motifs is 1. The van der Waals surface area contributed by atoms with Crippen LogP contribution in [0.15, 0.2) is 66.7 Å². The monoisotopic (exact) mass is 381 g/mol. The first-order valence-corrected chi connectivity index (χ1v) is 8.68. The van der Waals surface area contributed by atoms with Crippen LogP contribution in [0.25, 0.3) is 22.4 Å². The highest BCUT2D eigenvalue weighted by Gasteiger charge is 2.16. The van der Waals surface area contributed by atoms with Gasteiger partial charge in [-0.2, -0.15) is 0 Å². The molecule has 2 N–H and O–H groups in total. The third kappa shape index (κ3) is 3.05. The molecule has 0 saturated carbocycles. The Morgan fingerprint density at radius 2 is 1.69 bits per heavy atom. The van der Waals surface area contributed by atoms with Crippen LogP contribution in [-0.4, -0.2) is 15.9 Å². The lowest BCUT2D eigenvalue weighted by Gasteiger charge is -2.11. The Morgan fingerprint density at radius 3 is 2.54 bits per heavy atom. The number of para-hydroxylation sites is 3. The highest BCUT2D eigenvalue weighted by molar-refractivity contribution is 6.44. The molecule has 0 fully saturated rings. The number of hydrogen-bond donors (Lipinski definition) is 2. The van der Waals surface area contributed by atoms with Gasteiger partial charge >= 0.3 is 0 Å². The quantitative estimate of drug-likeness (QED) is 0.471. The summed E-state index contributed by atoms with van der Waals surface area (Å²) in [5.74, 6) is 0.348. The Morgan fingerprint density at radius 1 is 0.923 bits per heavy atom. The molecular formula is C20H13Cl2N3O. The van der Waals surface area contributed by atoms with E-state index in [1.807, 2.05) is 48.5 Å². The van der Waals surface area contributed by atoms with Crippen LogP contribution in [0.5, 0.6) is 0 Å². The summed E-state index contributed by atoms with van der Waals surface area (Å²) in [4.78, 5) is 20.5. The van der Waals surface area contributed by atoms with Gasteiger partial charge in [-0.1, -0.05) is 53.5 Å². The molecule has 0 saturated heterocycles. The molecule has 4 rings (SSSR count). The number of carbonyl (C=O) groups is 1. The number of halogens is 2. The zero-order valence-electron chi connectivity index (χ0n) is 13.5. The standard InChI is InChI=1S/C20H13Cl2N3O/c21-14-8-5-7-13(18(14)22)20(26)25-15-9-2-1-6-12(15)19-23-16-10-3-4-11-17(16)24-19/h1-11H,(H,23,24)(H,25,26). The SMILES string of the molecule is O=C(Nc1ccccc1-c1nc2ccccc2[nH]1)c1cccc(Cl)c1Cl. The molecule has 0 radical (unpaired) electrons. The van der Waals surface area contributed by atoms with E-state index in [0.717, 1.165) is 16.6 Å². The molecular weight excluding hydrogens is 369 g/mol. The summed E-state index contributed by atoms with van der Waals surface area (Å²) in [5.41, 5.74) is 3.53. The van der Waals surface area contributed by atoms with Gasteiger partial charge in [0, 0.05) is 5.56 Å². The Balaban J connectivity index is 1.72. The van der Waals surface area contributed by atoms with Crippen LogP contribution in [0.3, 0.4) is 0 Å². The van der Waals surface area contributed by atoms with Gasteiger partial charge in [0.25, 0.3) is 5.91 Å². The molecule has 4 aromatic rings. The van der Waals surface area contributed by atoms with Crippen LogP contribution >= 0.6 is 23.2 Å². The van der Waals surface area contributed by atoms with Crippen molar-refractivity contribution in [3.05, 3.63) is 82.3 Å². The zero-order chi connectivity index (χ0) is 18.1. The highest BCUT2D eigenvalue weighted by atomic mass is 35.5. The Hall–Kier alpha value is -2.82. The molecule has 4 nitrogen and oxygen atoms in total. The fourth-order valence-electron chi connectivity index (χ4n) is 2.75. The van der Waals surface area contributed by atoms with E-state index < -0.39 is 0 Å². The highest BCUT2D eigenvalue weighted by Crippen LogP contribution is 2.30. The summed E-state index contributed by atoms with van der Waals surface area (Å²) < 4.78 is 0. The minimum atomic E-state index is -0.332. The number of nitrogens with zero attached hydrogens (tertiary/aromatic N) is 1. The molecule has 0 aliphatic heterocycles. The van der Waals surface area contributed by atoms with E-state index in [0.29, 0.717) is 22.1 Å². The number of amides is 1. The molecule has 6 heteroatoms. The second kappa shape index (κ2) is 6.83. The van der Waals surface area contributed by atoms with Gasteiger partial charge in [-0.05, 0) is 36.4 Å². The van der Waals surface area contributed by atoms with Crippen molar-refractivity contribution < 1.29 is 4.79 Å². The number of benzene rings is 3. The average Bonchev–Trinajstić information content (AvgIpc) is 3.08. The van der Waals surface area contributed by atoms with E-state index in [2.05, 4.69) is 15.3 Å². The fraction of sp³-hybridized carbons (Fsp3) is 0. The number of H-pyrrole nitrogens is 1. The number of anilines is 1. The van der Waals surface area contributed by atoms with Gasteiger partial charge in [-0.3, -0.25) is 4.79 Å². The van der Waals surface area contributed by atoms with Crippen molar-refractivity contribution in [2.24, 2.45) is 0 Å². The van der Waals surface area contributed by atoms with Gasteiger partial charge in [-0.25, -0.2) is 4.98 Å². The van der Waals surface area contributed by atoms with Crippen molar-refractivity contribution in [3.8, 4) is 11.4 Å². The third-order valence-corrected chi connectivity index (χ3v) is 4.83. The second-order valence-electron chi connectivity index (χ2n) is 5.70. The van der Waals surface area contributed by atoms with Gasteiger partial charge in [0.1, 0.15) is 5.82 Å². The zero-order valence-corrected chi connectivity index (χ0v) is 15.0. The molecule has 0 aliphatic carbocycles. The van der Waals surface area contributed by atoms with Crippen LogP contribution in [0, 0.1) is 0 Å². The predicted octanol–water partition coefficient (Wildman–Crippen LogP) is 5.79. The Kier molecular flexibility index (Phi) is 4.37. The third-order valence-electron chi connectivity index (χ3n) is 4.02. The molecule has 0 unspecified atom stereocenters. The average molecular weight is 382 g/mol. The topological polar surface area (TPSA) is 57.8 Å². The van der Waals surface area contributed by atoms with E-state index in [1.54, 1.807) is 18.2 Å². The summed E-state index contributed by atoms with van der Waals surface area (Å²) >= 11 is 12.2. The normalized spacial score (nSPS) is 10.8. The van der Waals surface area contributed by atoms with E-state index in [-0.39, 0.29) is 10.9 Å². The molecule has 128 valence electrons. The lowest BCUT2D eigenvalue weighted by molar-refractivity contribution is 0.102. The summed E-state index contributed by atoms with van der Waals surface area (Å²) in [7, 11) is 0. The van der Waals surface area contributed by atoms with E-state index in [1.165, 1.54) is 0 Å². The van der Waals surface area contributed by atoms with Crippen molar-refractivity contribution in [2.75, 3.05) is 5.32 Å². The van der Waals surface area contributed by atoms with Crippen molar-refractivity contribution in [1.82, 2.24) is 9.97 Å². The van der Waals surface area contributed by atoms with Crippen LogP contribution in [0.4, 0.5) is 5.69 Å². The smallest absolute Gasteiger partial charge is 0.257 e. The summed E-state index contributed by atoms with van der Waals surface area (Å²) in [6, 6.07) is 20.2. The minimum absolute atomic E-state index is 0.230. The lowest BCUT2D eigenvalue weighted by Crippen LogP contribution is -2.13. The van der Waals surface area contributed by atoms with Gasteiger partial charge in [-0.15, -0.1) is 0 Å². The number of aromatic amines is 1. The van der Waals surface area contributed by atoms with E-state index in [9.17, 15) is 4.79 Å². The maximum Gasteiger partial charge on any atom is 0.257 e. The number of hydrogen-bond acceptors (Lipinski definition) is 2. The molecule has 26 heavy (non-hydrogen) atoms. The number of imidazole rings is 1. The van der Waals surface area contributed by atoms with Crippen molar-refractivity contribution >= 4 is 45.8 Å². The number of nitrogens with one attached hydrogen (secondary N) is 2. The molecule has 1 amide bonds. The maximum atomic E-state index is 12.7. The summed E-state index contributed by atoms with van der Waals surface area (Å²) in [6.45, 7) is 0. The molecule has 0 aliphatic rings. The summed E-state index contributed by atoms with van der Waals surface area (Å²) in [6.07, 6.45) is 0. The van der Waals surface area contributed by atoms with Crippen LogP contribution in [0.1, 0.15) is 10.4 Å². The number of carbonyl (C=O) groups excluding carboxylic acids is 1. The minimum Gasteiger partial charge on any atom is -0.338 e. The molecule has 3 aromatic carbocycles. The first-order valence-electron chi connectivity index (χ1n) is 7.93. The van der Waals surface area contributed by atoms with Gasteiger partial charge in [0.15, 0.2) is 0 Å². The van der Waals surface area contributed by atoms with Crippen LogP contribution in [-0.2, 0) is 0 Å². The first kappa shape index (κ1) is 16.6. The maximum absolute atomic E-state index is 12.7. The van der Waals surface area contributed by atoms with E-state index in [4.69, 9.17) is 23.2 Å². The summed E-state index contributed by atoms with van der Waals surface area (Å²) in [5, 5.41) is 3.46. The largest absolute Gasteiger partial charge is 0.338 e. The predicted molar refractivity (Wildman–Crippen MR) is 106 cm³/mol. The van der Waals surface area contributed by atoms with Crippen molar-refractivity contribution in [3.63, 3.8) is 0 Å². The van der Waals surface area contributed by atoms with Crippen LogP contribution < -0.4 is 5.32 Å². The lowest BCUT2D eigenvalue weighted by atomic mass is 10.1. The van der Waals surface area contributed by atoms with Crippen LogP contribution in [0.2, 0.25) is 10.0 Å².